The minimum atomic E-state index is -1.52. The molecule has 1 spiro atoms. The Bertz CT molecular complexity index is 1040. The van der Waals surface area contributed by atoms with Crippen LogP contribution in [0.1, 0.15) is 25.7 Å². The Labute approximate surface area is 188 Å². The molecule has 0 aliphatic carbocycles. The van der Waals surface area contributed by atoms with E-state index in [1.165, 1.54) is 23.2 Å². The highest BCUT2D eigenvalue weighted by Gasteiger charge is 2.42. The van der Waals surface area contributed by atoms with Crippen molar-refractivity contribution in [2.24, 2.45) is 4.99 Å². The molecule has 0 bridgehead atoms. The molecule has 0 aromatic heterocycles. The molecular formula is C23H24F3N3O4. The average Bonchev–Trinajstić information content (AvgIpc) is 2.79. The molecule has 2 unspecified atom stereocenters. The molecule has 7 nitrogen and oxygen atoms in total. The fraction of sp³-hybridized carbons (Fsp3) is 0.478. The van der Waals surface area contributed by atoms with Gasteiger partial charge in [0, 0.05) is 44.6 Å². The summed E-state index contributed by atoms with van der Waals surface area (Å²) in [5.74, 6) is -3.24. The van der Waals surface area contributed by atoms with Gasteiger partial charge in [-0.1, -0.05) is 0 Å². The van der Waals surface area contributed by atoms with Crippen molar-refractivity contribution in [1.82, 2.24) is 4.90 Å². The van der Waals surface area contributed by atoms with Gasteiger partial charge in [-0.3, -0.25) is 0 Å². The average molecular weight is 463 g/mol. The van der Waals surface area contributed by atoms with Gasteiger partial charge in [0.05, 0.1) is 24.5 Å². The van der Waals surface area contributed by atoms with Crippen molar-refractivity contribution in [2.75, 3.05) is 31.2 Å². The van der Waals surface area contributed by atoms with Crippen LogP contribution in [-0.2, 0) is 14.3 Å². The number of aliphatic carboxylic acids is 1. The quantitative estimate of drug-likeness (QED) is 0.678. The van der Waals surface area contributed by atoms with E-state index in [0.29, 0.717) is 44.7 Å². The molecule has 4 aliphatic heterocycles. The molecule has 1 aromatic rings. The maximum atomic E-state index is 15.2. The summed E-state index contributed by atoms with van der Waals surface area (Å²) in [6, 6.07) is 3.04. The predicted octanol–water partition coefficient (Wildman–Crippen LogP) is 3.38. The number of benzene rings is 1. The lowest BCUT2D eigenvalue weighted by Gasteiger charge is -2.45. The number of likely N-dealkylation sites (tertiary alicyclic amines) is 1. The summed E-state index contributed by atoms with van der Waals surface area (Å²) < 4.78 is 55.0. The number of rotatable bonds is 2. The topological polar surface area (TPSA) is 74.6 Å². The number of amidine groups is 1. The standard InChI is InChI=1S/C23H24F3N3O4/c24-16-2-3-19(17(25)12-16)29-13-15(22(30)31)10-14-11-18(26)21(27-20(14)29)28-6-4-23(5-7-28)32-8-1-9-33-23/h2-3,11-13,18,20H,1,4-10H2,(H,30,31). The maximum absolute atomic E-state index is 15.2. The van der Waals surface area contributed by atoms with Crippen molar-refractivity contribution in [3.8, 4) is 0 Å². The van der Waals surface area contributed by atoms with Crippen LogP contribution in [0.5, 0.6) is 0 Å². The fourth-order valence-electron chi connectivity index (χ4n) is 4.78. The van der Waals surface area contributed by atoms with Gasteiger partial charge >= 0.3 is 5.97 Å². The third-order valence-electron chi connectivity index (χ3n) is 6.48. The summed E-state index contributed by atoms with van der Waals surface area (Å²) in [4.78, 5) is 19.4. The molecular weight excluding hydrogens is 439 g/mol. The van der Waals surface area contributed by atoms with Gasteiger partial charge in [-0.25, -0.2) is 23.0 Å². The van der Waals surface area contributed by atoms with Crippen molar-refractivity contribution in [1.29, 1.82) is 0 Å². The molecule has 10 heteroatoms. The number of piperidine rings is 1. The number of fused-ring (bicyclic) bond motifs is 1. The first-order valence-electron chi connectivity index (χ1n) is 11.0. The second-order valence-corrected chi connectivity index (χ2v) is 8.59. The maximum Gasteiger partial charge on any atom is 0.333 e. The number of ether oxygens (including phenoxy) is 2. The number of carboxylic acids is 1. The first kappa shape index (κ1) is 22.0. The molecule has 2 fully saturated rings. The van der Waals surface area contributed by atoms with Gasteiger partial charge in [0.2, 0.25) is 0 Å². The van der Waals surface area contributed by atoms with Crippen molar-refractivity contribution in [2.45, 2.75) is 43.8 Å². The number of dihydropyridines is 1. The number of hydrogen-bond acceptors (Lipinski definition) is 6. The van der Waals surface area contributed by atoms with Crippen LogP contribution in [0.4, 0.5) is 18.9 Å². The zero-order chi connectivity index (χ0) is 23.2. The van der Waals surface area contributed by atoms with Gasteiger partial charge in [0.15, 0.2) is 12.0 Å². The highest BCUT2D eigenvalue weighted by Crippen LogP contribution is 2.37. The molecule has 0 amide bonds. The molecule has 1 N–H and O–H groups in total. The van der Waals surface area contributed by atoms with E-state index in [1.807, 2.05) is 4.90 Å². The largest absolute Gasteiger partial charge is 0.478 e. The van der Waals surface area contributed by atoms with Crippen LogP contribution < -0.4 is 4.90 Å². The lowest BCUT2D eigenvalue weighted by atomic mass is 9.94. The highest BCUT2D eigenvalue weighted by atomic mass is 19.1. The minimum Gasteiger partial charge on any atom is -0.478 e. The number of alkyl halides is 1. The molecule has 4 aliphatic rings. The predicted molar refractivity (Wildman–Crippen MR) is 113 cm³/mol. The smallest absolute Gasteiger partial charge is 0.333 e. The summed E-state index contributed by atoms with van der Waals surface area (Å²) in [6.45, 7) is 2.24. The molecule has 0 saturated carbocycles. The van der Waals surface area contributed by atoms with Crippen LogP contribution in [0.2, 0.25) is 0 Å². The number of halogens is 3. The molecule has 33 heavy (non-hydrogen) atoms. The van der Waals surface area contributed by atoms with Crippen LogP contribution in [0, 0.1) is 11.6 Å². The Morgan fingerprint density at radius 2 is 1.91 bits per heavy atom. The third-order valence-corrected chi connectivity index (χ3v) is 6.48. The Kier molecular flexibility index (Phi) is 5.65. The first-order chi connectivity index (χ1) is 15.8. The second-order valence-electron chi connectivity index (χ2n) is 8.59. The molecule has 4 heterocycles. The number of aliphatic imine (C=N–C) groups is 1. The number of carbonyl (C=O) groups is 1. The number of anilines is 1. The molecule has 1 aromatic carbocycles. The van der Waals surface area contributed by atoms with E-state index in [-0.39, 0.29) is 23.5 Å². The SMILES string of the molecule is O=C(O)C1=CN(c2ccc(F)cc2F)C2N=C(N3CCC4(CC3)OCCCO4)C(F)C=C2C1. The zero-order valence-electron chi connectivity index (χ0n) is 17.8. The Balaban J connectivity index is 1.45. The van der Waals surface area contributed by atoms with E-state index < -0.39 is 35.7 Å². The lowest BCUT2D eigenvalue weighted by Crippen LogP contribution is -2.54. The number of carboxylic acid groups (broad SMARTS) is 1. The fourth-order valence-corrected chi connectivity index (χ4v) is 4.78. The highest BCUT2D eigenvalue weighted by molar-refractivity contribution is 5.92. The summed E-state index contributed by atoms with van der Waals surface area (Å²) in [5, 5.41) is 9.51. The third kappa shape index (κ3) is 4.13. The van der Waals surface area contributed by atoms with E-state index in [0.717, 1.165) is 18.6 Å². The Morgan fingerprint density at radius 3 is 2.58 bits per heavy atom. The van der Waals surface area contributed by atoms with Gasteiger partial charge < -0.3 is 24.4 Å². The Morgan fingerprint density at radius 1 is 1.18 bits per heavy atom. The van der Waals surface area contributed by atoms with Crippen LogP contribution >= 0.6 is 0 Å². The van der Waals surface area contributed by atoms with E-state index in [9.17, 15) is 18.7 Å². The van der Waals surface area contributed by atoms with Crippen LogP contribution in [0.3, 0.4) is 0 Å². The van der Waals surface area contributed by atoms with E-state index in [4.69, 9.17) is 9.47 Å². The van der Waals surface area contributed by atoms with E-state index >= 15 is 4.39 Å². The van der Waals surface area contributed by atoms with Gasteiger partial charge in [0.1, 0.15) is 23.6 Å². The summed E-state index contributed by atoms with van der Waals surface area (Å²) >= 11 is 0. The molecule has 2 saturated heterocycles. The van der Waals surface area contributed by atoms with Crippen molar-refractivity contribution >= 4 is 17.5 Å². The van der Waals surface area contributed by atoms with Gasteiger partial charge in [0.25, 0.3) is 0 Å². The van der Waals surface area contributed by atoms with Crippen molar-refractivity contribution < 1.29 is 32.5 Å². The molecule has 5 rings (SSSR count). The van der Waals surface area contributed by atoms with E-state index in [2.05, 4.69) is 4.99 Å². The monoisotopic (exact) mass is 463 g/mol. The summed E-state index contributed by atoms with van der Waals surface area (Å²) in [5.41, 5.74) is 0.355. The van der Waals surface area contributed by atoms with Crippen LogP contribution in [-0.4, -0.2) is 66.2 Å². The number of hydrogen-bond donors (Lipinski definition) is 1. The minimum absolute atomic E-state index is 0.0126. The second kappa shape index (κ2) is 8.49. The molecule has 176 valence electrons. The summed E-state index contributed by atoms with van der Waals surface area (Å²) in [6.07, 6.45) is 2.27. The molecule has 0 radical (unpaired) electrons. The number of nitrogens with zero attached hydrogens (tertiary/aromatic N) is 3. The Hall–Kier alpha value is -2.85. The van der Waals surface area contributed by atoms with Crippen molar-refractivity contribution in [3.63, 3.8) is 0 Å². The van der Waals surface area contributed by atoms with E-state index in [1.54, 1.807) is 0 Å². The summed E-state index contributed by atoms with van der Waals surface area (Å²) in [7, 11) is 0. The van der Waals surface area contributed by atoms with Crippen molar-refractivity contribution in [3.05, 3.63) is 53.3 Å². The van der Waals surface area contributed by atoms with Crippen LogP contribution in [0.25, 0.3) is 0 Å². The van der Waals surface area contributed by atoms with Crippen LogP contribution in [0.15, 0.2) is 46.6 Å². The van der Waals surface area contributed by atoms with Gasteiger partial charge in [-0.2, -0.15) is 0 Å². The first-order valence-corrected chi connectivity index (χ1v) is 11.0. The molecule has 2 atom stereocenters. The normalized spacial score (nSPS) is 26.9. The lowest BCUT2D eigenvalue weighted by molar-refractivity contribution is -0.281. The zero-order valence-corrected chi connectivity index (χ0v) is 17.8. The van der Waals surface area contributed by atoms with Gasteiger partial charge in [-0.15, -0.1) is 0 Å². The van der Waals surface area contributed by atoms with Gasteiger partial charge in [-0.05, 0) is 30.2 Å².